The summed E-state index contributed by atoms with van der Waals surface area (Å²) in [6.45, 7) is 2.08. The molecule has 0 aliphatic heterocycles. The van der Waals surface area contributed by atoms with Crippen LogP contribution in [-0.2, 0) is 0 Å². The topological polar surface area (TPSA) is 0 Å². The standard InChI is InChI=1S/C8H7Cl2S/c1-2-11-7-5-3-4-6(9)8(7)10/h3,5H,2H2,1H3. The Kier molecular flexibility index (Phi) is 3.57. The SMILES string of the molecule is CCSc1cc[c]c(Cl)c1Cl. The van der Waals surface area contributed by atoms with E-state index in [0.717, 1.165) is 10.6 Å². The summed E-state index contributed by atoms with van der Waals surface area (Å²) >= 11 is 13.3. The third-order valence-electron chi connectivity index (χ3n) is 1.15. The summed E-state index contributed by atoms with van der Waals surface area (Å²) in [4.78, 5) is 1.03. The Labute approximate surface area is 80.9 Å². The fourth-order valence-corrected chi connectivity index (χ4v) is 1.91. The molecule has 0 atom stereocenters. The average Bonchev–Trinajstić information content (AvgIpc) is 1.99. The van der Waals surface area contributed by atoms with Crippen molar-refractivity contribution in [1.29, 1.82) is 0 Å². The molecule has 0 N–H and O–H groups in total. The predicted molar refractivity (Wildman–Crippen MR) is 51.7 cm³/mol. The summed E-state index contributed by atoms with van der Waals surface area (Å²) in [5.74, 6) is 1.00. The Morgan fingerprint density at radius 2 is 2.27 bits per heavy atom. The lowest BCUT2D eigenvalue weighted by Gasteiger charge is -2.01. The van der Waals surface area contributed by atoms with Gasteiger partial charge in [0.1, 0.15) is 0 Å². The third-order valence-corrected chi connectivity index (χ3v) is 2.99. The van der Waals surface area contributed by atoms with Gasteiger partial charge in [0.05, 0.1) is 10.0 Å². The van der Waals surface area contributed by atoms with Crippen molar-refractivity contribution in [2.24, 2.45) is 0 Å². The van der Waals surface area contributed by atoms with Gasteiger partial charge in [0.2, 0.25) is 0 Å². The smallest absolute Gasteiger partial charge is 0.0734 e. The largest absolute Gasteiger partial charge is 0.125 e. The minimum absolute atomic E-state index is 0.505. The first-order valence-electron chi connectivity index (χ1n) is 3.24. The van der Waals surface area contributed by atoms with Gasteiger partial charge in [-0.15, -0.1) is 11.8 Å². The van der Waals surface area contributed by atoms with E-state index < -0.39 is 0 Å². The molecule has 0 aromatic heterocycles. The minimum atomic E-state index is 0.505. The Morgan fingerprint density at radius 3 is 2.91 bits per heavy atom. The maximum Gasteiger partial charge on any atom is 0.0734 e. The van der Waals surface area contributed by atoms with Gasteiger partial charge in [-0.1, -0.05) is 36.2 Å². The Morgan fingerprint density at radius 1 is 1.55 bits per heavy atom. The lowest BCUT2D eigenvalue weighted by molar-refractivity contribution is 1.42. The molecule has 0 saturated carbocycles. The first kappa shape index (κ1) is 9.24. The molecular weight excluding hydrogens is 199 g/mol. The average molecular weight is 206 g/mol. The van der Waals surface area contributed by atoms with Gasteiger partial charge in [-0.25, -0.2) is 0 Å². The van der Waals surface area contributed by atoms with Crippen LogP contribution in [-0.4, -0.2) is 5.75 Å². The molecule has 1 radical (unpaired) electrons. The number of halogens is 2. The van der Waals surface area contributed by atoms with E-state index >= 15 is 0 Å². The van der Waals surface area contributed by atoms with Crippen LogP contribution in [0.4, 0.5) is 0 Å². The molecule has 59 valence electrons. The van der Waals surface area contributed by atoms with Crippen molar-refractivity contribution in [1.82, 2.24) is 0 Å². The highest BCUT2D eigenvalue weighted by atomic mass is 35.5. The quantitative estimate of drug-likeness (QED) is 0.661. The van der Waals surface area contributed by atoms with Gasteiger partial charge in [-0.3, -0.25) is 0 Å². The molecule has 0 unspecified atom stereocenters. The zero-order valence-electron chi connectivity index (χ0n) is 6.03. The van der Waals surface area contributed by atoms with E-state index in [0.29, 0.717) is 10.0 Å². The molecule has 0 saturated heterocycles. The molecule has 1 aromatic rings. The Hall–Kier alpha value is 0.150. The molecule has 0 amide bonds. The first-order valence-corrected chi connectivity index (χ1v) is 4.98. The maximum atomic E-state index is 5.89. The van der Waals surface area contributed by atoms with E-state index in [9.17, 15) is 0 Å². The Bertz CT molecular complexity index is 248. The van der Waals surface area contributed by atoms with Crippen molar-refractivity contribution in [2.45, 2.75) is 11.8 Å². The van der Waals surface area contributed by atoms with Crippen molar-refractivity contribution in [3.8, 4) is 0 Å². The zero-order chi connectivity index (χ0) is 8.27. The second kappa shape index (κ2) is 4.24. The Balaban J connectivity index is 2.96. The molecule has 11 heavy (non-hydrogen) atoms. The lowest BCUT2D eigenvalue weighted by atomic mass is 10.4. The van der Waals surface area contributed by atoms with E-state index in [1.165, 1.54) is 0 Å². The second-order valence-electron chi connectivity index (χ2n) is 1.90. The summed E-state index contributed by atoms with van der Waals surface area (Å²) in [6, 6.07) is 6.52. The van der Waals surface area contributed by atoms with Gasteiger partial charge < -0.3 is 0 Å². The van der Waals surface area contributed by atoms with E-state index in [1.807, 2.05) is 6.07 Å². The van der Waals surface area contributed by atoms with Crippen LogP contribution in [0.1, 0.15) is 6.92 Å². The summed E-state index contributed by atoms with van der Waals surface area (Å²) in [5.41, 5.74) is 0. The van der Waals surface area contributed by atoms with Crippen LogP contribution in [0.15, 0.2) is 17.0 Å². The molecule has 0 aliphatic rings. The number of hydrogen-bond donors (Lipinski definition) is 0. The highest BCUT2D eigenvalue weighted by Gasteiger charge is 2.02. The lowest BCUT2D eigenvalue weighted by Crippen LogP contribution is -1.76. The van der Waals surface area contributed by atoms with Crippen molar-refractivity contribution < 1.29 is 0 Å². The molecule has 0 heterocycles. The summed E-state index contributed by atoms with van der Waals surface area (Å²) < 4.78 is 0. The van der Waals surface area contributed by atoms with E-state index in [-0.39, 0.29) is 0 Å². The van der Waals surface area contributed by atoms with Gasteiger partial charge in [0.25, 0.3) is 0 Å². The highest BCUT2D eigenvalue weighted by molar-refractivity contribution is 7.99. The number of hydrogen-bond acceptors (Lipinski definition) is 1. The summed E-state index contributed by atoms with van der Waals surface area (Å²) in [5, 5.41) is 1.12. The van der Waals surface area contributed by atoms with E-state index in [2.05, 4.69) is 13.0 Å². The maximum absolute atomic E-state index is 5.89. The van der Waals surface area contributed by atoms with Crippen molar-refractivity contribution in [3.63, 3.8) is 0 Å². The molecule has 0 fully saturated rings. The zero-order valence-corrected chi connectivity index (χ0v) is 8.35. The third kappa shape index (κ3) is 2.29. The van der Waals surface area contributed by atoms with Gasteiger partial charge in [0, 0.05) is 11.0 Å². The molecular formula is C8H7Cl2S. The second-order valence-corrected chi connectivity index (χ2v) is 3.96. The van der Waals surface area contributed by atoms with Crippen molar-refractivity contribution in [3.05, 3.63) is 28.2 Å². The van der Waals surface area contributed by atoms with Gasteiger partial charge in [-0.2, -0.15) is 0 Å². The molecule has 1 aromatic carbocycles. The monoisotopic (exact) mass is 205 g/mol. The van der Waals surface area contributed by atoms with Crippen LogP contribution in [0.2, 0.25) is 10.0 Å². The minimum Gasteiger partial charge on any atom is -0.125 e. The van der Waals surface area contributed by atoms with Gasteiger partial charge in [-0.05, 0) is 11.8 Å². The van der Waals surface area contributed by atoms with Crippen LogP contribution >= 0.6 is 35.0 Å². The first-order chi connectivity index (χ1) is 5.25. The fourth-order valence-electron chi connectivity index (χ4n) is 0.702. The van der Waals surface area contributed by atoms with Crippen LogP contribution in [0, 0.1) is 6.07 Å². The summed E-state index contributed by atoms with van der Waals surface area (Å²) in [6.07, 6.45) is 0. The summed E-state index contributed by atoms with van der Waals surface area (Å²) in [7, 11) is 0. The van der Waals surface area contributed by atoms with Gasteiger partial charge in [0.15, 0.2) is 0 Å². The molecule has 0 spiro atoms. The number of rotatable bonds is 2. The van der Waals surface area contributed by atoms with Crippen molar-refractivity contribution in [2.75, 3.05) is 5.75 Å². The van der Waals surface area contributed by atoms with Gasteiger partial charge >= 0.3 is 0 Å². The fraction of sp³-hybridized carbons (Fsp3) is 0.250. The van der Waals surface area contributed by atoms with Crippen molar-refractivity contribution >= 4 is 35.0 Å². The molecule has 0 bridgehead atoms. The highest BCUT2D eigenvalue weighted by Crippen LogP contribution is 2.31. The number of benzene rings is 1. The molecule has 3 heteroatoms. The normalized spacial score (nSPS) is 10.1. The van der Waals surface area contributed by atoms with E-state index in [4.69, 9.17) is 23.2 Å². The van der Waals surface area contributed by atoms with Crippen LogP contribution in [0.3, 0.4) is 0 Å². The molecule has 0 aliphatic carbocycles. The van der Waals surface area contributed by atoms with Crippen LogP contribution in [0.5, 0.6) is 0 Å². The van der Waals surface area contributed by atoms with E-state index in [1.54, 1.807) is 17.8 Å². The number of thioether (sulfide) groups is 1. The molecule has 0 nitrogen and oxygen atoms in total. The van der Waals surface area contributed by atoms with Crippen LogP contribution in [0.25, 0.3) is 0 Å². The van der Waals surface area contributed by atoms with Crippen LogP contribution < -0.4 is 0 Å². The predicted octanol–water partition coefficient (Wildman–Crippen LogP) is 3.91. The molecule has 1 rings (SSSR count).